The van der Waals surface area contributed by atoms with Gasteiger partial charge in [0.15, 0.2) is 0 Å². The molecule has 0 atom stereocenters. The summed E-state index contributed by atoms with van der Waals surface area (Å²) in [5.74, 6) is -1.71. The molecule has 0 aliphatic rings. The maximum absolute atomic E-state index is 13.2. The molecule has 0 unspecified atom stereocenters. The molecule has 0 aliphatic heterocycles. The Kier molecular flexibility index (Phi) is 13.4. The van der Waals surface area contributed by atoms with E-state index < -0.39 is 17.9 Å². The number of anilines is 4. The predicted octanol–water partition coefficient (Wildman–Crippen LogP) is 5.37. The zero-order chi connectivity index (χ0) is 30.2. The summed E-state index contributed by atoms with van der Waals surface area (Å²) in [6, 6.07) is 24.1. The molecule has 41 heavy (non-hydrogen) atoms. The zero-order valence-corrected chi connectivity index (χ0v) is 24.0. The number of carboxylic acids is 1. The molecule has 0 saturated carbocycles. The van der Waals surface area contributed by atoms with Gasteiger partial charge in [-0.05, 0) is 54.4 Å². The normalized spacial score (nSPS) is 10.1. The first-order chi connectivity index (χ1) is 19.7. The minimum atomic E-state index is -1.06. The molecule has 0 bridgehead atoms. The lowest BCUT2D eigenvalue weighted by molar-refractivity contribution is -0.136. The lowest BCUT2D eigenvalue weighted by Gasteiger charge is -2.28. The number of carbonyl (C=O) groups excluding carboxylic acids is 3. The smallest absolute Gasteiger partial charge is 0.323 e. The summed E-state index contributed by atoms with van der Waals surface area (Å²) >= 11 is 0. The van der Waals surface area contributed by atoms with Gasteiger partial charge in [-0.2, -0.15) is 0 Å². The highest BCUT2D eigenvalue weighted by atomic mass is 16.4. The molecule has 0 aliphatic carbocycles. The first kappa shape index (κ1) is 32.4. The Balaban J connectivity index is 0.00000287. The quantitative estimate of drug-likeness (QED) is 0.235. The number of para-hydroxylation sites is 2. The fourth-order valence-electron chi connectivity index (χ4n) is 3.82. The van der Waals surface area contributed by atoms with Gasteiger partial charge >= 0.3 is 12.0 Å². The van der Waals surface area contributed by atoms with E-state index in [0.29, 0.717) is 29.3 Å². The van der Waals surface area contributed by atoms with Crippen molar-refractivity contribution in [1.29, 1.82) is 0 Å². The average molecular weight is 562 g/mol. The molecule has 3 aromatic carbocycles. The Hall–Kier alpha value is -4.86. The SMILES string of the molecule is CC.CC(C)CN(CC(=O)Nc1ccc(NC(=O)Nc2ccccc2)cc1)C(=O)CN(CC(=O)O)c1ccccc1. The molecular formula is C31H39N5O5. The van der Waals surface area contributed by atoms with Crippen LogP contribution in [-0.2, 0) is 14.4 Å². The van der Waals surface area contributed by atoms with Gasteiger partial charge in [-0.1, -0.05) is 64.1 Å². The van der Waals surface area contributed by atoms with Gasteiger partial charge in [0, 0.05) is 29.3 Å². The summed E-state index contributed by atoms with van der Waals surface area (Å²) in [4.78, 5) is 52.5. The van der Waals surface area contributed by atoms with Crippen LogP contribution in [-0.4, -0.2) is 60.0 Å². The minimum absolute atomic E-state index is 0.0961. The van der Waals surface area contributed by atoms with Gasteiger partial charge < -0.3 is 30.9 Å². The third-order valence-corrected chi connectivity index (χ3v) is 5.50. The van der Waals surface area contributed by atoms with Crippen molar-refractivity contribution in [2.24, 2.45) is 5.92 Å². The Labute approximate surface area is 241 Å². The summed E-state index contributed by atoms with van der Waals surface area (Å²) in [7, 11) is 0. The van der Waals surface area contributed by atoms with Crippen molar-refractivity contribution in [2.45, 2.75) is 27.7 Å². The number of nitrogens with one attached hydrogen (secondary N) is 3. The van der Waals surface area contributed by atoms with Crippen molar-refractivity contribution < 1.29 is 24.3 Å². The highest BCUT2D eigenvalue weighted by molar-refractivity contribution is 6.00. The van der Waals surface area contributed by atoms with Gasteiger partial charge in [0.05, 0.1) is 13.1 Å². The van der Waals surface area contributed by atoms with E-state index in [1.165, 1.54) is 9.80 Å². The average Bonchev–Trinajstić information content (AvgIpc) is 2.95. The Morgan fingerprint density at radius 2 is 1.17 bits per heavy atom. The molecule has 0 aromatic heterocycles. The van der Waals surface area contributed by atoms with Crippen LogP contribution in [0, 0.1) is 5.92 Å². The highest BCUT2D eigenvalue weighted by Gasteiger charge is 2.22. The van der Waals surface area contributed by atoms with Crippen LogP contribution in [0.25, 0.3) is 0 Å². The monoisotopic (exact) mass is 561 g/mol. The van der Waals surface area contributed by atoms with Crippen molar-refractivity contribution in [2.75, 3.05) is 47.0 Å². The van der Waals surface area contributed by atoms with E-state index in [1.54, 1.807) is 60.7 Å². The molecule has 4 amide bonds. The second-order valence-corrected chi connectivity index (χ2v) is 9.32. The molecule has 0 spiro atoms. The van der Waals surface area contributed by atoms with Crippen molar-refractivity contribution in [3.05, 3.63) is 84.9 Å². The van der Waals surface area contributed by atoms with Crippen LogP contribution < -0.4 is 20.9 Å². The van der Waals surface area contributed by atoms with Gasteiger partial charge in [-0.25, -0.2) is 4.79 Å². The number of nitrogens with zero attached hydrogens (tertiary/aromatic N) is 2. The van der Waals surface area contributed by atoms with Gasteiger partial charge in [0.2, 0.25) is 11.8 Å². The third-order valence-electron chi connectivity index (χ3n) is 5.50. The molecule has 10 heteroatoms. The number of rotatable bonds is 12. The van der Waals surface area contributed by atoms with Crippen LogP contribution in [0.4, 0.5) is 27.5 Å². The first-order valence-corrected chi connectivity index (χ1v) is 13.5. The number of amides is 4. The van der Waals surface area contributed by atoms with E-state index in [1.807, 2.05) is 52.0 Å². The number of carbonyl (C=O) groups is 4. The van der Waals surface area contributed by atoms with Crippen molar-refractivity contribution >= 4 is 46.6 Å². The molecule has 0 fully saturated rings. The minimum Gasteiger partial charge on any atom is -0.480 e. The van der Waals surface area contributed by atoms with Crippen LogP contribution in [0.15, 0.2) is 84.9 Å². The third kappa shape index (κ3) is 11.8. The van der Waals surface area contributed by atoms with E-state index in [0.717, 1.165) is 0 Å². The largest absolute Gasteiger partial charge is 0.480 e. The zero-order valence-electron chi connectivity index (χ0n) is 24.0. The van der Waals surface area contributed by atoms with E-state index in [-0.39, 0.29) is 31.5 Å². The number of hydrogen-bond donors (Lipinski definition) is 4. The van der Waals surface area contributed by atoms with Crippen LogP contribution in [0.2, 0.25) is 0 Å². The molecule has 4 N–H and O–H groups in total. The molecule has 10 nitrogen and oxygen atoms in total. The summed E-state index contributed by atoms with van der Waals surface area (Å²) in [5, 5.41) is 17.5. The lowest BCUT2D eigenvalue weighted by Crippen LogP contribution is -2.46. The van der Waals surface area contributed by atoms with E-state index in [9.17, 15) is 24.3 Å². The summed E-state index contributed by atoms with van der Waals surface area (Å²) in [6.45, 7) is 7.49. The van der Waals surface area contributed by atoms with E-state index in [2.05, 4.69) is 16.0 Å². The van der Waals surface area contributed by atoms with Crippen LogP contribution in [0.5, 0.6) is 0 Å². The second-order valence-electron chi connectivity index (χ2n) is 9.32. The van der Waals surface area contributed by atoms with Gasteiger partial charge in [0.25, 0.3) is 0 Å². The molecule has 0 saturated heterocycles. The van der Waals surface area contributed by atoms with Crippen molar-refractivity contribution in [1.82, 2.24) is 4.90 Å². The molecule has 218 valence electrons. The summed E-state index contributed by atoms with van der Waals surface area (Å²) in [5.41, 5.74) is 2.31. The maximum Gasteiger partial charge on any atom is 0.323 e. The van der Waals surface area contributed by atoms with E-state index in [4.69, 9.17) is 0 Å². The van der Waals surface area contributed by atoms with Crippen molar-refractivity contribution in [3.8, 4) is 0 Å². The predicted molar refractivity (Wildman–Crippen MR) is 163 cm³/mol. The van der Waals surface area contributed by atoms with Gasteiger partial charge in [-0.15, -0.1) is 0 Å². The lowest BCUT2D eigenvalue weighted by atomic mass is 10.2. The molecule has 0 radical (unpaired) electrons. The number of urea groups is 1. The van der Waals surface area contributed by atoms with Gasteiger partial charge in [-0.3, -0.25) is 14.4 Å². The fourth-order valence-corrected chi connectivity index (χ4v) is 3.82. The van der Waals surface area contributed by atoms with Crippen molar-refractivity contribution in [3.63, 3.8) is 0 Å². The summed E-state index contributed by atoms with van der Waals surface area (Å²) in [6.07, 6.45) is 0. The first-order valence-electron chi connectivity index (χ1n) is 13.5. The van der Waals surface area contributed by atoms with Crippen LogP contribution in [0.1, 0.15) is 27.7 Å². The van der Waals surface area contributed by atoms with Crippen LogP contribution in [0.3, 0.4) is 0 Å². The standard InChI is InChI=1S/C29H33N5O5.C2H6/c1-21(2)17-34(27(36)19-33(20-28(37)38)25-11-7-4-8-12-25)18-26(35)30-23-13-15-24(16-14-23)32-29(39)31-22-9-5-3-6-10-22;1-2/h3-16,21H,17-20H2,1-2H3,(H,30,35)(H,37,38)(H2,31,32,39);1-2H3. The Morgan fingerprint density at radius 3 is 1.68 bits per heavy atom. The molecule has 3 aromatic rings. The number of aliphatic carboxylic acids is 1. The topological polar surface area (TPSA) is 131 Å². The Morgan fingerprint density at radius 1 is 0.683 bits per heavy atom. The Bertz CT molecular complexity index is 1250. The highest BCUT2D eigenvalue weighted by Crippen LogP contribution is 2.16. The molecular weight excluding hydrogens is 522 g/mol. The van der Waals surface area contributed by atoms with E-state index >= 15 is 0 Å². The van der Waals surface area contributed by atoms with Gasteiger partial charge in [0.1, 0.15) is 6.54 Å². The molecule has 0 heterocycles. The van der Waals surface area contributed by atoms with Crippen LogP contribution >= 0.6 is 0 Å². The summed E-state index contributed by atoms with van der Waals surface area (Å²) < 4.78 is 0. The maximum atomic E-state index is 13.2. The number of benzene rings is 3. The molecule has 3 rings (SSSR count). The second kappa shape index (κ2) is 17.0. The number of hydrogen-bond acceptors (Lipinski definition) is 5. The fraction of sp³-hybridized carbons (Fsp3) is 0.290. The number of carboxylic acid groups (broad SMARTS) is 1.